The summed E-state index contributed by atoms with van der Waals surface area (Å²) in [5.74, 6) is 0.129. The van der Waals surface area contributed by atoms with Crippen LogP contribution in [0.4, 0.5) is 10.5 Å². The van der Waals surface area contributed by atoms with Gasteiger partial charge in [-0.05, 0) is 38.0 Å². The molecule has 110 valence electrons. The molecule has 2 unspecified atom stereocenters. The first-order valence-electron chi connectivity index (χ1n) is 6.66. The molecule has 20 heavy (non-hydrogen) atoms. The van der Waals surface area contributed by atoms with Crippen molar-refractivity contribution in [1.82, 2.24) is 4.90 Å². The van der Waals surface area contributed by atoms with Crippen molar-refractivity contribution in [1.29, 1.82) is 0 Å². The molecule has 1 saturated heterocycles. The zero-order valence-corrected chi connectivity index (χ0v) is 12.8. The van der Waals surface area contributed by atoms with Gasteiger partial charge in [0.15, 0.2) is 0 Å². The van der Waals surface area contributed by atoms with Gasteiger partial charge >= 0.3 is 6.03 Å². The summed E-state index contributed by atoms with van der Waals surface area (Å²) in [5.41, 5.74) is 0.503. The average Bonchev–Trinajstić information content (AvgIpc) is 2.43. The molecule has 0 aromatic heterocycles. The van der Waals surface area contributed by atoms with Crippen molar-refractivity contribution in [3.63, 3.8) is 0 Å². The summed E-state index contributed by atoms with van der Waals surface area (Å²) in [7, 11) is 0. The van der Waals surface area contributed by atoms with Gasteiger partial charge in [-0.15, -0.1) is 0 Å². The lowest BCUT2D eigenvalue weighted by Crippen LogP contribution is -2.44. The van der Waals surface area contributed by atoms with Gasteiger partial charge in [0.1, 0.15) is 0 Å². The molecule has 2 atom stereocenters. The number of nitrogens with one attached hydrogen (secondary N) is 1. The number of nitrogens with zero attached hydrogens (tertiary/aromatic N) is 1. The van der Waals surface area contributed by atoms with E-state index >= 15 is 0 Å². The molecule has 2 rings (SSSR count). The standard InChI is InChI=1S/C14H18Cl2N2O2/c1-9(19)10-3-2-6-18(8-10)14(20)17-13-7-11(15)4-5-12(13)16/h4-5,7,9-10,19H,2-3,6,8H2,1H3,(H,17,20). The van der Waals surface area contributed by atoms with Crippen molar-refractivity contribution >= 4 is 34.9 Å². The number of urea groups is 1. The molecule has 0 saturated carbocycles. The number of carbonyl (C=O) groups excluding carboxylic acids is 1. The molecule has 6 heteroatoms. The second-order valence-electron chi connectivity index (χ2n) is 5.14. The molecule has 1 aromatic carbocycles. The molecule has 0 radical (unpaired) electrons. The lowest BCUT2D eigenvalue weighted by molar-refractivity contribution is 0.0766. The number of amides is 2. The molecule has 1 heterocycles. The summed E-state index contributed by atoms with van der Waals surface area (Å²) in [4.78, 5) is 13.9. The van der Waals surface area contributed by atoms with Crippen LogP contribution in [0.25, 0.3) is 0 Å². The van der Waals surface area contributed by atoms with Gasteiger partial charge in [0.2, 0.25) is 0 Å². The maximum absolute atomic E-state index is 12.2. The quantitative estimate of drug-likeness (QED) is 0.875. The number of likely N-dealkylation sites (tertiary alicyclic amines) is 1. The van der Waals surface area contributed by atoms with Crippen molar-refractivity contribution in [2.24, 2.45) is 5.92 Å². The predicted molar refractivity (Wildman–Crippen MR) is 81.5 cm³/mol. The van der Waals surface area contributed by atoms with Gasteiger partial charge in [0.05, 0.1) is 16.8 Å². The number of rotatable bonds is 2. The van der Waals surface area contributed by atoms with Gasteiger partial charge < -0.3 is 15.3 Å². The van der Waals surface area contributed by atoms with E-state index in [1.54, 1.807) is 30.0 Å². The van der Waals surface area contributed by atoms with Crippen molar-refractivity contribution in [2.45, 2.75) is 25.9 Å². The smallest absolute Gasteiger partial charge is 0.321 e. The fraction of sp³-hybridized carbons (Fsp3) is 0.500. The molecule has 1 aliphatic heterocycles. The van der Waals surface area contributed by atoms with E-state index in [9.17, 15) is 9.90 Å². The normalized spacial score (nSPS) is 20.6. The molecule has 1 aromatic rings. The van der Waals surface area contributed by atoms with Gasteiger partial charge in [-0.25, -0.2) is 4.79 Å². The Morgan fingerprint density at radius 1 is 1.50 bits per heavy atom. The van der Waals surface area contributed by atoms with E-state index in [1.807, 2.05) is 0 Å². The lowest BCUT2D eigenvalue weighted by Gasteiger charge is -2.34. The number of hydrogen-bond donors (Lipinski definition) is 2. The Morgan fingerprint density at radius 2 is 2.25 bits per heavy atom. The third kappa shape index (κ3) is 3.78. The molecule has 2 amide bonds. The minimum Gasteiger partial charge on any atom is -0.393 e. The van der Waals surface area contributed by atoms with Crippen LogP contribution in [-0.4, -0.2) is 35.2 Å². The largest absolute Gasteiger partial charge is 0.393 e. The number of anilines is 1. The Labute approximate surface area is 128 Å². The fourth-order valence-corrected chi connectivity index (χ4v) is 2.71. The van der Waals surface area contributed by atoms with Crippen LogP contribution in [0, 0.1) is 5.92 Å². The zero-order valence-electron chi connectivity index (χ0n) is 11.3. The third-order valence-corrected chi connectivity index (χ3v) is 4.16. The first-order valence-corrected chi connectivity index (χ1v) is 7.42. The van der Waals surface area contributed by atoms with Crippen LogP contribution in [0.2, 0.25) is 10.0 Å². The number of aliphatic hydroxyl groups excluding tert-OH is 1. The van der Waals surface area contributed by atoms with Crippen molar-refractivity contribution < 1.29 is 9.90 Å². The van der Waals surface area contributed by atoms with Crippen LogP contribution >= 0.6 is 23.2 Å². The topological polar surface area (TPSA) is 52.6 Å². The Hall–Kier alpha value is -0.970. The van der Waals surface area contributed by atoms with E-state index in [4.69, 9.17) is 23.2 Å². The molecule has 2 N–H and O–H groups in total. The second kappa shape index (κ2) is 6.66. The van der Waals surface area contributed by atoms with Crippen LogP contribution in [-0.2, 0) is 0 Å². The van der Waals surface area contributed by atoms with Crippen molar-refractivity contribution in [2.75, 3.05) is 18.4 Å². The molecule has 0 spiro atoms. The molecule has 1 aliphatic rings. The molecule has 0 bridgehead atoms. The highest BCUT2D eigenvalue weighted by atomic mass is 35.5. The van der Waals surface area contributed by atoms with Gasteiger partial charge in [0, 0.05) is 24.0 Å². The molecule has 4 nitrogen and oxygen atoms in total. The van der Waals surface area contributed by atoms with Gasteiger partial charge in [-0.3, -0.25) is 0 Å². The number of benzene rings is 1. The zero-order chi connectivity index (χ0) is 14.7. The molecular weight excluding hydrogens is 299 g/mol. The minimum atomic E-state index is -0.402. The van der Waals surface area contributed by atoms with Crippen molar-refractivity contribution in [3.8, 4) is 0 Å². The maximum Gasteiger partial charge on any atom is 0.321 e. The van der Waals surface area contributed by atoms with Crippen LogP contribution in [0.3, 0.4) is 0 Å². The first-order chi connectivity index (χ1) is 9.47. The lowest BCUT2D eigenvalue weighted by atomic mass is 9.94. The Morgan fingerprint density at radius 3 is 2.95 bits per heavy atom. The second-order valence-corrected chi connectivity index (χ2v) is 5.99. The fourth-order valence-electron chi connectivity index (χ4n) is 2.38. The first kappa shape index (κ1) is 15.4. The molecule has 0 aliphatic carbocycles. The highest BCUT2D eigenvalue weighted by molar-refractivity contribution is 6.35. The Kier molecular flexibility index (Phi) is 5.13. The van der Waals surface area contributed by atoms with E-state index in [-0.39, 0.29) is 11.9 Å². The Bertz CT molecular complexity index is 494. The summed E-state index contributed by atoms with van der Waals surface area (Å²) in [5, 5.41) is 13.4. The summed E-state index contributed by atoms with van der Waals surface area (Å²) in [6, 6.07) is 4.73. The van der Waals surface area contributed by atoms with Crippen LogP contribution in [0.15, 0.2) is 18.2 Å². The highest BCUT2D eigenvalue weighted by Gasteiger charge is 2.26. The molecular formula is C14H18Cl2N2O2. The highest BCUT2D eigenvalue weighted by Crippen LogP contribution is 2.26. The van der Waals surface area contributed by atoms with E-state index in [0.29, 0.717) is 28.8 Å². The maximum atomic E-state index is 12.2. The number of piperidine rings is 1. The van der Waals surface area contributed by atoms with E-state index in [2.05, 4.69) is 5.32 Å². The van der Waals surface area contributed by atoms with Crippen molar-refractivity contribution in [3.05, 3.63) is 28.2 Å². The third-order valence-electron chi connectivity index (χ3n) is 3.60. The monoisotopic (exact) mass is 316 g/mol. The number of halogens is 2. The van der Waals surface area contributed by atoms with Gasteiger partial charge in [0.25, 0.3) is 0 Å². The Balaban J connectivity index is 2.02. The summed E-state index contributed by atoms with van der Waals surface area (Å²) < 4.78 is 0. The SMILES string of the molecule is CC(O)C1CCCN(C(=O)Nc2cc(Cl)ccc2Cl)C1. The number of hydrogen-bond acceptors (Lipinski definition) is 2. The van der Waals surface area contributed by atoms with Gasteiger partial charge in [-0.2, -0.15) is 0 Å². The average molecular weight is 317 g/mol. The summed E-state index contributed by atoms with van der Waals surface area (Å²) in [6.45, 7) is 3.01. The van der Waals surface area contributed by atoms with E-state index < -0.39 is 6.10 Å². The molecule has 1 fully saturated rings. The summed E-state index contributed by atoms with van der Waals surface area (Å²) >= 11 is 11.9. The number of carbonyl (C=O) groups is 1. The van der Waals surface area contributed by atoms with E-state index in [0.717, 1.165) is 12.8 Å². The van der Waals surface area contributed by atoms with E-state index in [1.165, 1.54) is 0 Å². The van der Waals surface area contributed by atoms with Gasteiger partial charge in [-0.1, -0.05) is 23.2 Å². The van der Waals surface area contributed by atoms with Crippen LogP contribution in [0.5, 0.6) is 0 Å². The van der Waals surface area contributed by atoms with Crippen LogP contribution in [0.1, 0.15) is 19.8 Å². The summed E-state index contributed by atoms with van der Waals surface area (Å²) in [6.07, 6.45) is 1.44. The number of aliphatic hydroxyl groups is 1. The van der Waals surface area contributed by atoms with Crippen LogP contribution < -0.4 is 5.32 Å². The minimum absolute atomic E-state index is 0.129. The predicted octanol–water partition coefficient (Wildman–Crippen LogP) is 3.62.